The maximum Gasteiger partial charge on any atom is 0.165 e. The van der Waals surface area contributed by atoms with E-state index in [0.717, 1.165) is 23.4 Å². The summed E-state index contributed by atoms with van der Waals surface area (Å²) in [4.78, 5) is 24.1. The maximum absolute atomic E-state index is 11.3. The van der Waals surface area contributed by atoms with Crippen LogP contribution in [0.4, 0.5) is 0 Å². The highest BCUT2D eigenvalue weighted by Gasteiger charge is 2.21. The molecule has 0 spiro atoms. The molecule has 1 heterocycles. The monoisotopic (exact) mass is 195 g/mol. The predicted octanol–water partition coefficient (Wildman–Crippen LogP) is 1.61. The highest BCUT2D eigenvalue weighted by atomic mass is 17.2. The van der Waals surface area contributed by atoms with E-state index in [1.807, 2.05) is 13.0 Å². The molecule has 0 saturated carbocycles. The van der Waals surface area contributed by atoms with Crippen LogP contribution in [0.1, 0.15) is 35.1 Å². The Kier molecular flexibility index (Phi) is 2.65. The molecule has 0 unspecified atom stereocenters. The Morgan fingerprint density at radius 2 is 2.29 bits per heavy atom. The van der Waals surface area contributed by atoms with Crippen molar-refractivity contribution in [1.82, 2.24) is 4.98 Å². The Bertz CT molecular complexity index is 343. The van der Waals surface area contributed by atoms with Crippen LogP contribution in [0.2, 0.25) is 0 Å². The molecule has 1 aromatic rings. The van der Waals surface area contributed by atoms with E-state index < -0.39 is 0 Å². The summed E-state index contributed by atoms with van der Waals surface area (Å²) in [7, 11) is 0. The lowest BCUT2D eigenvalue weighted by atomic mass is 10.2. The summed E-state index contributed by atoms with van der Waals surface area (Å²) in [6.07, 6.45) is 1.45. The van der Waals surface area contributed by atoms with Crippen LogP contribution in [0.25, 0.3) is 0 Å². The van der Waals surface area contributed by atoms with E-state index in [1.165, 1.54) is 0 Å². The van der Waals surface area contributed by atoms with Crippen LogP contribution in [0, 0.1) is 0 Å². The number of ketones is 1. The highest BCUT2D eigenvalue weighted by molar-refractivity contribution is 6.00. The molecule has 1 aliphatic carbocycles. The van der Waals surface area contributed by atoms with Crippen LogP contribution in [-0.2, 0) is 22.8 Å². The van der Waals surface area contributed by atoms with Gasteiger partial charge in [0.1, 0.15) is 6.61 Å². The number of aromatic nitrogens is 1. The second-order valence-corrected chi connectivity index (χ2v) is 3.28. The first-order valence-electron chi connectivity index (χ1n) is 4.79. The molecule has 1 N–H and O–H groups in total. The van der Waals surface area contributed by atoms with Gasteiger partial charge in [-0.15, -0.1) is 0 Å². The van der Waals surface area contributed by atoms with Gasteiger partial charge in [-0.2, -0.15) is 0 Å². The second kappa shape index (κ2) is 3.94. The third kappa shape index (κ3) is 1.71. The summed E-state index contributed by atoms with van der Waals surface area (Å²) in [5.74, 6) is 0.221. The van der Waals surface area contributed by atoms with Crippen molar-refractivity contribution in [3.63, 3.8) is 0 Å². The number of rotatable bonds is 4. The molecule has 4 nitrogen and oxygen atoms in total. The molecule has 0 bridgehead atoms. The van der Waals surface area contributed by atoms with E-state index in [-0.39, 0.29) is 5.78 Å². The van der Waals surface area contributed by atoms with Gasteiger partial charge in [-0.05, 0) is 19.4 Å². The Morgan fingerprint density at radius 1 is 1.43 bits per heavy atom. The van der Waals surface area contributed by atoms with E-state index in [1.54, 1.807) is 0 Å². The zero-order valence-corrected chi connectivity index (χ0v) is 8.13. The molecule has 76 valence electrons. The summed E-state index contributed by atoms with van der Waals surface area (Å²) < 4.78 is 0. The first-order valence-corrected chi connectivity index (χ1v) is 4.79. The fourth-order valence-electron chi connectivity index (χ4n) is 1.64. The number of H-pyrrole nitrogens is 1. The molecule has 0 amide bonds. The van der Waals surface area contributed by atoms with Crippen molar-refractivity contribution in [2.75, 3.05) is 6.61 Å². The summed E-state index contributed by atoms with van der Waals surface area (Å²) in [6.45, 7) is 2.76. The normalized spacial score (nSPS) is 14.8. The molecule has 0 saturated heterocycles. The van der Waals surface area contributed by atoms with Crippen molar-refractivity contribution in [1.29, 1.82) is 0 Å². The minimum atomic E-state index is 0.221. The smallest absolute Gasteiger partial charge is 0.165 e. The molecular weight excluding hydrogens is 182 g/mol. The van der Waals surface area contributed by atoms with Crippen LogP contribution < -0.4 is 0 Å². The van der Waals surface area contributed by atoms with Crippen LogP contribution >= 0.6 is 0 Å². The highest BCUT2D eigenvalue weighted by Crippen LogP contribution is 2.22. The van der Waals surface area contributed by atoms with Crippen molar-refractivity contribution in [3.8, 4) is 0 Å². The van der Waals surface area contributed by atoms with Gasteiger partial charge < -0.3 is 4.98 Å². The number of fused-ring (bicyclic) bond motifs is 1. The fraction of sp³-hybridized carbons (Fsp3) is 0.500. The van der Waals surface area contributed by atoms with Gasteiger partial charge >= 0.3 is 0 Å². The second-order valence-electron chi connectivity index (χ2n) is 3.28. The quantitative estimate of drug-likeness (QED) is 0.451. The summed E-state index contributed by atoms with van der Waals surface area (Å²) in [6, 6.07) is 1.85. The fourth-order valence-corrected chi connectivity index (χ4v) is 1.64. The van der Waals surface area contributed by atoms with Gasteiger partial charge in [-0.1, -0.05) is 0 Å². The SMILES string of the molecule is CCOOCc1cc2c([nH]1)CCC2=O. The third-order valence-electron chi connectivity index (χ3n) is 2.27. The average Bonchev–Trinajstić information content (AvgIpc) is 2.70. The number of carbonyl (C=O) groups is 1. The summed E-state index contributed by atoms with van der Waals surface area (Å²) in [5.41, 5.74) is 2.75. The van der Waals surface area contributed by atoms with Crippen LogP contribution in [0.3, 0.4) is 0 Å². The molecule has 1 aromatic heterocycles. The Morgan fingerprint density at radius 3 is 3.00 bits per heavy atom. The number of aryl methyl sites for hydroxylation is 1. The van der Waals surface area contributed by atoms with Gasteiger partial charge in [0.2, 0.25) is 0 Å². The van der Waals surface area contributed by atoms with Gasteiger partial charge in [-0.25, -0.2) is 9.78 Å². The molecule has 0 atom stereocenters. The Labute approximate surface area is 82.1 Å². The minimum absolute atomic E-state index is 0.221. The van der Waals surface area contributed by atoms with E-state index >= 15 is 0 Å². The molecular formula is C10H13NO3. The first-order chi connectivity index (χ1) is 6.81. The van der Waals surface area contributed by atoms with Crippen LogP contribution in [0.5, 0.6) is 0 Å². The minimum Gasteiger partial charge on any atom is -0.360 e. The van der Waals surface area contributed by atoms with Crippen molar-refractivity contribution in [3.05, 3.63) is 23.0 Å². The van der Waals surface area contributed by atoms with Gasteiger partial charge in [0.25, 0.3) is 0 Å². The molecule has 14 heavy (non-hydrogen) atoms. The van der Waals surface area contributed by atoms with Crippen LogP contribution in [0.15, 0.2) is 6.07 Å². The van der Waals surface area contributed by atoms with Gasteiger partial charge in [0.05, 0.1) is 6.61 Å². The van der Waals surface area contributed by atoms with Crippen molar-refractivity contribution < 1.29 is 14.6 Å². The van der Waals surface area contributed by atoms with Crippen molar-refractivity contribution in [2.45, 2.75) is 26.4 Å². The van der Waals surface area contributed by atoms with Crippen molar-refractivity contribution in [2.24, 2.45) is 0 Å². The summed E-state index contributed by atoms with van der Waals surface area (Å²) >= 11 is 0. The van der Waals surface area contributed by atoms with Crippen molar-refractivity contribution >= 4 is 5.78 Å². The number of aromatic amines is 1. The number of hydrogen-bond acceptors (Lipinski definition) is 3. The number of hydrogen-bond donors (Lipinski definition) is 1. The Hall–Kier alpha value is -1.13. The number of nitrogens with one attached hydrogen (secondary N) is 1. The van der Waals surface area contributed by atoms with Gasteiger partial charge in [0, 0.05) is 23.4 Å². The molecule has 0 aliphatic heterocycles. The molecule has 2 rings (SSSR count). The Balaban J connectivity index is 2.00. The van der Waals surface area contributed by atoms with E-state index in [9.17, 15) is 4.79 Å². The largest absolute Gasteiger partial charge is 0.360 e. The summed E-state index contributed by atoms with van der Waals surface area (Å²) in [5, 5.41) is 0. The molecule has 0 radical (unpaired) electrons. The number of carbonyl (C=O) groups excluding carboxylic acids is 1. The zero-order chi connectivity index (χ0) is 9.97. The van der Waals surface area contributed by atoms with E-state index in [0.29, 0.717) is 19.6 Å². The third-order valence-corrected chi connectivity index (χ3v) is 2.27. The average molecular weight is 195 g/mol. The van der Waals surface area contributed by atoms with Gasteiger partial charge in [-0.3, -0.25) is 4.79 Å². The molecule has 4 heteroatoms. The standard InChI is InChI=1S/C10H13NO3/c1-2-13-14-6-7-5-8-9(11-7)3-4-10(8)12/h5,11H,2-4,6H2,1H3. The van der Waals surface area contributed by atoms with Crippen LogP contribution in [-0.4, -0.2) is 17.4 Å². The molecule has 0 aromatic carbocycles. The van der Waals surface area contributed by atoms with Gasteiger partial charge in [0.15, 0.2) is 5.78 Å². The lowest BCUT2D eigenvalue weighted by molar-refractivity contribution is -0.301. The maximum atomic E-state index is 11.3. The first kappa shape index (κ1) is 9.43. The van der Waals surface area contributed by atoms with E-state index in [4.69, 9.17) is 9.78 Å². The molecule has 1 aliphatic rings. The zero-order valence-electron chi connectivity index (χ0n) is 8.13. The lowest BCUT2D eigenvalue weighted by Crippen LogP contribution is -1.96. The predicted molar refractivity (Wildman–Crippen MR) is 49.9 cm³/mol. The van der Waals surface area contributed by atoms with E-state index in [2.05, 4.69) is 4.98 Å². The number of Topliss-reactive ketones (excluding diaryl/α,β-unsaturated/α-hetero) is 1. The topological polar surface area (TPSA) is 51.3 Å². The molecule has 0 fully saturated rings. The lowest BCUT2D eigenvalue weighted by Gasteiger charge is -1.99.